The molecule has 26 heavy (non-hydrogen) atoms. The molecule has 1 unspecified atom stereocenters. The lowest BCUT2D eigenvalue weighted by atomic mass is 10.0. The second kappa shape index (κ2) is 10.5. The smallest absolute Gasteiger partial charge is 0.303 e. The summed E-state index contributed by atoms with van der Waals surface area (Å²) in [4.78, 5) is 31.5. The Kier molecular flexibility index (Phi) is 8.65. The number of anilines is 1. The molecule has 144 valence electrons. The van der Waals surface area contributed by atoms with Crippen molar-refractivity contribution in [1.29, 1.82) is 0 Å². The number of nitro groups is 1. The van der Waals surface area contributed by atoms with Crippen LogP contribution < -0.4 is 4.31 Å². The van der Waals surface area contributed by atoms with Gasteiger partial charge in [0, 0.05) is 31.0 Å². The highest BCUT2D eigenvalue weighted by Gasteiger charge is 2.24. The number of nitro benzene ring substituents is 1. The third kappa shape index (κ3) is 7.15. The van der Waals surface area contributed by atoms with Crippen LogP contribution in [0.5, 0.6) is 0 Å². The minimum Gasteiger partial charge on any atom is -0.481 e. The maximum atomic E-state index is 11.8. The average molecular weight is 388 g/mol. The quantitative estimate of drug-likeness (QED) is 0.280. The van der Waals surface area contributed by atoms with E-state index in [1.165, 1.54) is 24.3 Å². The number of aliphatic carboxylic acids is 2. The molecule has 0 bridgehead atoms. The molecule has 3 N–H and O–H groups in total. The van der Waals surface area contributed by atoms with E-state index in [0.717, 1.165) is 4.31 Å². The maximum Gasteiger partial charge on any atom is 0.303 e. The van der Waals surface area contributed by atoms with E-state index in [4.69, 9.17) is 10.2 Å². The molecule has 10 nitrogen and oxygen atoms in total. The van der Waals surface area contributed by atoms with Gasteiger partial charge in [-0.05, 0) is 37.8 Å². The summed E-state index contributed by atoms with van der Waals surface area (Å²) in [5.74, 6) is -2.00. The van der Waals surface area contributed by atoms with E-state index in [9.17, 15) is 28.5 Å². The first-order valence-corrected chi connectivity index (χ1v) is 8.87. The van der Waals surface area contributed by atoms with Gasteiger partial charge in [0.1, 0.15) is 0 Å². The lowest BCUT2D eigenvalue weighted by Crippen LogP contribution is -2.37. The van der Waals surface area contributed by atoms with Crippen molar-refractivity contribution in [3.63, 3.8) is 0 Å². The number of hydrogen-bond donors (Lipinski definition) is 3. The molecule has 1 aromatic carbocycles. The molecule has 0 saturated carbocycles. The summed E-state index contributed by atoms with van der Waals surface area (Å²) < 4.78 is 22.6. The molecule has 1 aromatic rings. The molecule has 0 aromatic heterocycles. The normalized spacial score (nSPS) is 11.9. The molecule has 1 rings (SSSR count). The Morgan fingerprint density at radius 3 is 1.88 bits per heavy atom. The number of nitrogens with zero attached hydrogens (tertiary/aromatic N) is 2. The zero-order valence-electron chi connectivity index (χ0n) is 13.8. The van der Waals surface area contributed by atoms with Gasteiger partial charge in [0.05, 0.1) is 10.6 Å². The van der Waals surface area contributed by atoms with Gasteiger partial charge in [-0.15, -0.1) is 0 Å². The molecule has 1 atom stereocenters. The Hall–Kier alpha value is -2.53. The van der Waals surface area contributed by atoms with Crippen LogP contribution in [0.1, 0.15) is 38.5 Å². The standard InChI is InChI=1S/C15H20N2O8S/c18-14(19)5-1-3-11(4-2-6-15(20)21)16(26(24)25)12-7-9-13(10-8-12)17(22)23/h7-11H,1-6H2,(H,18,19)(H,20,21)(H,24,25). The van der Waals surface area contributed by atoms with Gasteiger partial charge in [0.25, 0.3) is 17.0 Å². The van der Waals surface area contributed by atoms with Crippen LogP contribution in [0.3, 0.4) is 0 Å². The van der Waals surface area contributed by atoms with Gasteiger partial charge in [0.15, 0.2) is 0 Å². The average Bonchev–Trinajstić information content (AvgIpc) is 2.54. The fraction of sp³-hybridized carbons (Fsp3) is 0.467. The lowest BCUT2D eigenvalue weighted by molar-refractivity contribution is -0.384. The van der Waals surface area contributed by atoms with Crippen LogP contribution in [-0.2, 0) is 20.9 Å². The monoisotopic (exact) mass is 388 g/mol. The Balaban J connectivity index is 2.99. The number of non-ortho nitro benzene ring substituents is 1. The number of carboxylic acid groups (broad SMARTS) is 2. The van der Waals surface area contributed by atoms with Crippen LogP contribution in [0.4, 0.5) is 11.4 Å². The summed E-state index contributed by atoms with van der Waals surface area (Å²) in [5, 5.41) is 28.2. The molecule has 0 amide bonds. The Morgan fingerprint density at radius 1 is 1.08 bits per heavy atom. The Bertz CT molecular complexity index is 644. The second-order valence-corrected chi connectivity index (χ2v) is 6.41. The number of hydrogen-bond acceptors (Lipinski definition) is 5. The number of benzene rings is 1. The topological polar surface area (TPSA) is 158 Å². The molecule has 0 aliphatic carbocycles. The second-order valence-electron chi connectivity index (χ2n) is 5.56. The van der Waals surface area contributed by atoms with E-state index < -0.39 is 34.2 Å². The summed E-state index contributed by atoms with van der Waals surface area (Å²) in [6.07, 6.45) is 0.759. The highest BCUT2D eigenvalue weighted by molar-refractivity contribution is 7.80. The van der Waals surface area contributed by atoms with E-state index in [1.807, 2.05) is 0 Å². The lowest BCUT2D eigenvalue weighted by Gasteiger charge is -2.30. The van der Waals surface area contributed by atoms with Crippen LogP contribution in [0.25, 0.3) is 0 Å². The molecular weight excluding hydrogens is 368 g/mol. The molecule has 0 heterocycles. The summed E-state index contributed by atoms with van der Waals surface area (Å²) in [7, 11) is 0. The third-order valence-corrected chi connectivity index (χ3v) is 4.52. The molecule has 0 radical (unpaired) electrons. The van der Waals surface area contributed by atoms with E-state index in [2.05, 4.69) is 0 Å². The zero-order chi connectivity index (χ0) is 19.7. The molecular formula is C15H20N2O8S. The van der Waals surface area contributed by atoms with Crippen molar-refractivity contribution in [2.24, 2.45) is 0 Å². The predicted octanol–water partition coefficient (Wildman–Crippen LogP) is 2.42. The number of carboxylic acids is 2. The number of carbonyl (C=O) groups is 2. The van der Waals surface area contributed by atoms with Crippen molar-refractivity contribution >= 4 is 34.6 Å². The summed E-state index contributed by atoms with van der Waals surface area (Å²) in [5.41, 5.74) is 0.0813. The van der Waals surface area contributed by atoms with Crippen LogP contribution in [-0.4, -0.2) is 41.9 Å². The van der Waals surface area contributed by atoms with Crippen LogP contribution in [0.15, 0.2) is 24.3 Å². The van der Waals surface area contributed by atoms with Crippen LogP contribution in [0.2, 0.25) is 0 Å². The summed E-state index contributed by atoms with van der Waals surface area (Å²) >= 11 is -2.46. The summed E-state index contributed by atoms with van der Waals surface area (Å²) in [6, 6.07) is 4.46. The fourth-order valence-corrected chi connectivity index (χ4v) is 3.27. The van der Waals surface area contributed by atoms with Crippen molar-refractivity contribution in [3.8, 4) is 0 Å². The van der Waals surface area contributed by atoms with E-state index in [1.54, 1.807) is 0 Å². The SMILES string of the molecule is O=C(O)CCCC(CCCC(=O)O)N(c1ccc([N+](=O)[O-])cc1)S(=O)O. The van der Waals surface area contributed by atoms with Gasteiger partial charge in [-0.2, -0.15) is 0 Å². The van der Waals surface area contributed by atoms with Crippen LogP contribution in [0, 0.1) is 10.1 Å². The van der Waals surface area contributed by atoms with Gasteiger partial charge in [-0.25, -0.2) is 4.21 Å². The molecule has 0 spiro atoms. The first-order valence-electron chi connectivity index (χ1n) is 7.80. The number of rotatable bonds is 12. The first kappa shape index (κ1) is 21.5. The van der Waals surface area contributed by atoms with Crippen molar-refractivity contribution < 1.29 is 33.5 Å². The molecule has 0 saturated heterocycles. The Labute approximate surface area is 152 Å². The Morgan fingerprint density at radius 2 is 1.54 bits per heavy atom. The molecule has 0 aliphatic heterocycles. The van der Waals surface area contributed by atoms with E-state index in [0.29, 0.717) is 0 Å². The highest BCUT2D eigenvalue weighted by atomic mass is 32.2. The van der Waals surface area contributed by atoms with Crippen molar-refractivity contribution in [2.75, 3.05) is 4.31 Å². The third-order valence-electron chi connectivity index (χ3n) is 3.67. The van der Waals surface area contributed by atoms with Gasteiger partial charge in [-0.1, -0.05) is 0 Å². The van der Waals surface area contributed by atoms with Crippen LogP contribution >= 0.6 is 0 Å². The van der Waals surface area contributed by atoms with Gasteiger partial charge in [0.2, 0.25) is 0 Å². The summed E-state index contributed by atoms with van der Waals surface area (Å²) in [6.45, 7) is 0. The first-order chi connectivity index (χ1) is 12.2. The molecule has 11 heteroatoms. The minimum atomic E-state index is -2.46. The molecule has 0 aliphatic rings. The highest BCUT2D eigenvalue weighted by Crippen LogP contribution is 2.26. The molecule has 0 fully saturated rings. The predicted molar refractivity (Wildman–Crippen MR) is 93.1 cm³/mol. The van der Waals surface area contributed by atoms with E-state index in [-0.39, 0.29) is 49.9 Å². The fourth-order valence-electron chi connectivity index (χ4n) is 2.51. The largest absolute Gasteiger partial charge is 0.481 e. The zero-order valence-corrected chi connectivity index (χ0v) is 14.6. The van der Waals surface area contributed by atoms with Crippen molar-refractivity contribution in [2.45, 2.75) is 44.6 Å². The van der Waals surface area contributed by atoms with Crippen molar-refractivity contribution in [3.05, 3.63) is 34.4 Å². The van der Waals surface area contributed by atoms with Gasteiger partial charge in [-0.3, -0.25) is 28.6 Å². The van der Waals surface area contributed by atoms with E-state index >= 15 is 0 Å². The van der Waals surface area contributed by atoms with Gasteiger partial charge >= 0.3 is 11.9 Å². The minimum absolute atomic E-state index is 0.123. The maximum absolute atomic E-state index is 11.8. The van der Waals surface area contributed by atoms with Gasteiger partial charge < -0.3 is 10.2 Å². The van der Waals surface area contributed by atoms with Crippen molar-refractivity contribution in [1.82, 2.24) is 0 Å².